The van der Waals surface area contributed by atoms with E-state index in [0.717, 1.165) is 18.5 Å². The van der Waals surface area contributed by atoms with Crippen molar-refractivity contribution in [1.29, 1.82) is 0 Å². The summed E-state index contributed by atoms with van der Waals surface area (Å²) < 4.78 is 7.55. The number of nitrogens with zero attached hydrogens (tertiary/aromatic N) is 3. The van der Waals surface area contributed by atoms with Crippen LogP contribution in [0.2, 0.25) is 0 Å². The standard InChI is InChI=1S/C22H40N6O2/c1-7-22(8-2,26-20(29)30-21(3,4)5)16-25-19(23-6)24-15-17-13-14-28(27-17)18-11-9-10-12-18/h13-14,18H,7-12,15-16H2,1-6H3,(H,26,29)(H2,23,24,25). The normalized spacial score (nSPS) is 15.9. The van der Waals surface area contributed by atoms with Crippen LogP contribution >= 0.6 is 0 Å². The summed E-state index contributed by atoms with van der Waals surface area (Å²) in [5.41, 5.74) is 0.0581. The molecule has 0 atom stereocenters. The summed E-state index contributed by atoms with van der Waals surface area (Å²) in [5, 5.41) is 14.4. The molecule has 1 aromatic heterocycles. The maximum absolute atomic E-state index is 12.3. The van der Waals surface area contributed by atoms with E-state index in [1.54, 1.807) is 7.05 Å². The number of carbonyl (C=O) groups excluding carboxylic acids is 1. The second kappa shape index (κ2) is 10.7. The molecule has 1 saturated carbocycles. The Labute approximate surface area is 181 Å². The van der Waals surface area contributed by atoms with Crippen molar-refractivity contribution in [1.82, 2.24) is 25.7 Å². The van der Waals surface area contributed by atoms with Crippen LogP contribution < -0.4 is 16.0 Å². The van der Waals surface area contributed by atoms with E-state index in [9.17, 15) is 4.79 Å². The Morgan fingerprint density at radius 1 is 1.23 bits per heavy atom. The largest absolute Gasteiger partial charge is 0.444 e. The first kappa shape index (κ1) is 24.0. The van der Waals surface area contributed by atoms with Gasteiger partial charge in [0.15, 0.2) is 5.96 Å². The fourth-order valence-electron chi connectivity index (χ4n) is 3.73. The number of rotatable bonds is 8. The third-order valence-electron chi connectivity index (χ3n) is 5.74. The molecule has 8 nitrogen and oxygen atoms in total. The SMILES string of the molecule is CCC(CC)(CNC(=NC)NCc1ccn(C2CCCC2)n1)NC(=O)OC(C)(C)C. The fraction of sp³-hybridized carbons (Fsp3) is 0.773. The zero-order valence-corrected chi connectivity index (χ0v) is 19.5. The van der Waals surface area contributed by atoms with Gasteiger partial charge in [0.05, 0.1) is 23.8 Å². The Balaban J connectivity index is 1.88. The van der Waals surface area contributed by atoms with Crippen molar-refractivity contribution in [2.75, 3.05) is 13.6 Å². The molecule has 1 heterocycles. The molecule has 2 rings (SSSR count). The molecule has 8 heteroatoms. The van der Waals surface area contributed by atoms with Gasteiger partial charge in [0.25, 0.3) is 0 Å². The Bertz CT molecular complexity index is 697. The summed E-state index contributed by atoms with van der Waals surface area (Å²) in [6.07, 6.45) is 8.26. The summed E-state index contributed by atoms with van der Waals surface area (Å²) >= 11 is 0. The fourth-order valence-corrected chi connectivity index (χ4v) is 3.73. The quantitative estimate of drug-likeness (QED) is 0.440. The molecule has 170 valence electrons. The number of ether oxygens (including phenoxy) is 1. The summed E-state index contributed by atoms with van der Waals surface area (Å²) in [4.78, 5) is 16.6. The monoisotopic (exact) mass is 420 g/mol. The van der Waals surface area contributed by atoms with Crippen molar-refractivity contribution >= 4 is 12.1 Å². The van der Waals surface area contributed by atoms with Gasteiger partial charge in [-0.1, -0.05) is 26.7 Å². The topological polar surface area (TPSA) is 92.6 Å². The lowest BCUT2D eigenvalue weighted by Gasteiger charge is -2.34. The van der Waals surface area contributed by atoms with Crippen molar-refractivity contribution in [3.05, 3.63) is 18.0 Å². The van der Waals surface area contributed by atoms with Crippen LogP contribution in [0.3, 0.4) is 0 Å². The molecule has 30 heavy (non-hydrogen) atoms. The van der Waals surface area contributed by atoms with Crippen LogP contribution in [0.4, 0.5) is 4.79 Å². The maximum Gasteiger partial charge on any atom is 0.408 e. The third kappa shape index (κ3) is 7.22. The van der Waals surface area contributed by atoms with Crippen LogP contribution in [-0.2, 0) is 11.3 Å². The van der Waals surface area contributed by atoms with Gasteiger partial charge < -0.3 is 20.7 Å². The molecular weight excluding hydrogens is 380 g/mol. The van der Waals surface area contributed by atoms with E-state index in [0.29, 0.717) is 25.1 Å². The molecule has 0 spiro atoms. The Hall–Kier alpha value is -2.25. The van der Waals surface area contributed by atoms with Gasteiger partial charge in [-0.3, -0.25) is 9.67 Å². The second-order valence-corrected chi connectivity index (χ2v) is 9.12. The van der Waals surface area contributed by atoms with Gasteiger partial charge in [0, 0.05) is 19.8 Å². The van der Waals surface area contributed by atoms with Gasteiger partial charge in [-0.05, 0) is 52.5 Å². The van der Waals surface area contributed by atoms with Gasteiger partial charge in [-0.25, -0.2) is 4.79 Å². The van der Waals surface area contributed by atoms with Crippen molar-refractivity contribution in [2.24, 2.45) is 4.99 Å². The predicted molar refractivity (Wildman–Crippen MR) is 121 cm³/mol. The molecule has 0 unspecified atom stereocenters. The smallest absolute Gasteiger partial charge is 0.408 e. The Morgan fingerprint density at radius 2 is 1.90 bits per heavy atom. The van der Waals surface area contributed by atoms with Crippen molar-refractivity contribution in [3.63, 3.8) is 0 Å². The summed E-state index contributed by atoms with van der Waals surface area (Å²) in [5.74, 6) is 0.683. The van der Waals surface area contributed by atoms with Gasteiger partial charge in [-0.15, -0.1) is 0 Å². The van der Waals surface area contributed by atoms with Crippen LogP contribution in [0.15, 0.2) is 17.3 Å². The number of hydrogen-bond acceptors (Lipinski definition) is 4. The highest BCUT2D eigenvalue weighted by Crippen LogP contribution is 2.28. The first-order chi connectivity index (χ1) is 14.2. The highest BCUT2D eigenvalue weighted by atomic mass is 16.6. The van der Waals surface area contributed by atoms with Crippen molar-refractivity contribution in [2.45, 2.75) is 96.9 Å². The van der Waals surface area contributed by atoms with E-state index in [-0.39, 0.29) is 0 Å². The lowest BCUT2D eigenvalue weighted by molar-refractivity contribution is 0.0448. The molecular formula is C22H40N6O2. The molecule has 0 radical (unpaired) electrons. The van der Waals surface area contributed by atoms with Crippen LogP contribution in [0.1, 0.15) is 84.9 Å². The summed E-state index contributed by atoms with van der Waals surface area (Å²) in [6, 6.07) is 2.61. The molecule has 0 bridgehead atoms. The van der Waals surface area contributed by atoms with Crippen LogP contribution in [0, 0.1) is 0 Å². The molecule has 1 aromatic rings. The van der Waals surface area contributed by atoms with Crippen LogP contribution in [-0.4, -0.2) is 46.6 Å². The molecule has 0 aliphatic heterocycles. The molecule has 3 N–H and O–H groups in total. The van der Waals surface area contributed by atoms with Crippen LogP contribution in [0.5, 0.6) is 0 Å². The van der Waals surface area contributed by atoms with E-state index in [4.69, 9.17) is 9.84 Å². The zero-order chi connectivity index (χ0) is 22.2. The first-order valence-electron chi connectivity index (χ1n) is 11.2. The number of aliphatic imine (C=N–C) groups is 1. The number of guanidine groups is 1. The van der Waals surface area contributed by atoms with Crippen LogP contribution in [0.25, 0.3) is 0 Å². The number of hydrogen-bond donors (Lipinski definition) is 3. The van der Waals surface area contributed by atoms with Crippen molar-refractivity contribution in [3.8, 4) is 0 Å². The lowest BCUT2D eigenvalue weighted by Crippen LogP contribution is -2.57. The highest BCUT2D eigenvalue weighted by molar-refractivity contribution is 5.79. The number of carbonyl (C=O) groups is 1. The van der Waals surface area contributed by atoms with Crippen molar-refractivity contribution < 1.29 is 9.53 Å². The lowest BCUT2D eigenvalue weighted by atomic mass is 9.93. The number of alkyl carbamates (subject to hydrolysis) is 1. The Morgan fingerprint density at radius 3 is 2.47 bits per heavy atom. The molecule has 0 aromatic carbocycles. The molecule has 1 amide bonds. The minimum absolute atomic E-state index is 0.395. The summed E-state index contributed by atoms with van der Waals surface area (Å²) in [7, 11) is 1.74. The van der Waals surface area contributed by atoms with E-state index in [2.05, 4.69) is 51.7 Å². The van der Waals surface area contributed by atoms with E-state index in [1.807, 2.05) is 20.8 Å². The third-order valence-corrected chi connectivity index (χ3v) is 5.74. The van der Waals surface area contributed by atoms with Gasteiger partial charge in [-0.2, -0.15) is 5.10 Å². The molecule has 1 aliphatic carbocycles. The number of nitrogens with one attached hydrogen (secondary N) is 3. The zero-order valence-electron chi connectivity index (χ0n) is 19.5. The Kier molecular flexibility index (Phi) is 8.55. The number of amides is 1. The van der Waals surface area contributed by atoms with Gasteiger partial charge in [0.1, 0.15) is 5.60 Å². The molecule has 1 aliphatic rings. The minimum Gasteiger partial charge on any atom is -0.444 e. The number of aromatic nitrogens is 2. The van der Waals surface area contributed by atoms with Gasteiger partial charge >= 0.3 is 6.09 Å². The summed E-state index contributed by atoms with van der Waals surface area (Å²) in [6.45, 7) is 10.9. The molecule has 1 fully saturated rings. The first-order valence-corrected chi connectivity index (χ1v) is 11.2. The van der Waals surface area contributed by atoms with Gasteiger partial charge in [0.2, 0.25) is 0 Å². The predicted octanol–water partition coefficient (Wildman–Crippen LogP) is 3.75. The minimum atomic E-state index is -0.524. The molecule has 0 saturated heterocycles. The average Bonchev–Trinajstić information content (AvgIpc) is 3.37. The van der Waals surface area contributed by atoms with E-state index >= 15 is 0 Å². The second-order valence-electron chi connectivity index (χ2n) is 9.12. The average molecular weight is 421 g/mol. The van der Waals surface area contributed by atoms with E-state index in [1.165, 1.54) is 25.7 Å². The maximum atomic E-state index is 12.3. The van der Waals surface area contributed by atoms with E-state index < -0.39 is 17.2 Å². The highest BCUT2D eigenvalue weighted by Gasteiger charge is 2.30.